The van der Waals surface area contributed by atoms with Gasteiger partial charge in [0.05, 0.1) is 16.4 Å². The Kier molecular flexibility index (Phi) is 5.39. The fraction of sp³-hybridized carbons (Fsp3) is 0.231. The average molecular weight is 300 g/mol. The second-order valence-electron chi connectivity index (χ2n) is 3.55. The molecule has 0 fully saturated rings. The van der Waals surface area contributed by atoms with Crippen molar-refractivity contribution in [2.24, 2.45) is 7.05 Å². The number of nitrogens with two attached hydrogens (primary N) is 1. The molecule has 4 nitrogen and oxygen atoms in total. The van der Waals surface area contributed by atoms with E-state index in [1.165, 1.54) is 12.4 Å². The summed E-state index contributed by atoms with van der Waals surface area (Å²) in [4.78, 5) is 16.0. The van der Waals surface area contributed by atoms with Crippen LogP contribution in [-0.4, -0.2) is 15.3 Å². The first kappa shape index (κ1) is 15.5. The molecule has 6 heteroatoms. The second kappa shape index (κ2) is 6.59. The van der Waals surface area contributed by atoms with Crippen LogP contribution in [0, 0.1) is 0 Å². The number of rotatable bonds is 2. The van der Waals surface area contributed by atoms with Crippen molar-refractivity contribution in [1.29, 1.82) is 0 Å². The molecule has 2 N–H and O–H groups in total. The first-order valence-corrected chi connectivity index (χ1v) is 6.53. The average Bonchev–Trinajstić information content (AvgIpc) is 2.75. The van der Waals surface area contributed by atoms with Gasteiger partial charge in [-0.25, -0.2) is 4.98 Å². The molecule has 0 aliphatic carbocycles. The number of hydrogen-bond acceptors (Lipinski definition) is 3. The fourth-order valence-electron chi connectivity index (χ4n) is 1.39. The Morgan fingerprint density at radius 2 is 1.89 bits per heavy atom. The first-order chi connectivity index (χ1) is 9.00. The minimum atomic E-state index is -0.276. The van der Waals surface area contributed by atoms with Gasteiger partial charge in [0, 0.05) is 12.6 Å². The van der Waals surface area contributed by atoms with Crippen LogP contribution < -0.4 is 5.73 Å². The largest absolute Gasteiger partial charge is 0.383 e. The van der Waals surface area contributed by atoms with Gasteiger partial charge in [0.1, 0.15) is 5.82 Å². The summed E-state index contributed by atoms with van der Waals surface area (Å²) in [6.45, 7) is 4.00. The van der Waals surface area contributed by atoms with Gasteiger partial charge in [0.2, 0.25) is 5.78 Å². The maximum atomic E-state index is 12.1. The van der Waals surface area contributed by atoms with E-state index >= 15 is 0 Å². The molecule has 102 valence electrons. The summed E-state index contributed by atoms with van der Waals surface area (Å²) in [6, 6.07) is 4.65. The zero-order valence-corrected chi connectivity index (χ0v) is 12.5. The predicted octanol–water partition coefficient (Wildman–Crippen LogP) is 3.57. The highest BCUT2D eigenvalue weighted by Crippen LogP contribution is 2.24. The van der Waals surface area contributed by atoms with Crippen molar-refractivity contribution in [2.75, 3.05) is 5.73 Å². The van der Waals surface area contributed by atoms with Crippen molar-refractivity contribution in [1.82, 2.24) is 9.55 Å². The minimum absolute atomic E-state index is 0.214. The number of anilines is 1. The van der Waals surface area contributed by atoms with E-state index in [0.717, 1.165) is 0 Å². The molecule has 2 rings (SSSR count). The lowest BCUT2D eigenvalue weighted by Gasteiger charge is -2.02. The van der Waals surface area contributed by atoms with E-state index in [1.54, 1.807) is 23.7 Å². The van der Waals surface area contributed by atoms with E-state index in [4.69, 9.17) is 28.9 Å². The molecule has 0 unspecified atom stereocenters. The Morgan fingerprint density at radius 1 is 1.26 bits per heavy atom. The zero-order chi connectivity index (χ0) is 14.6. The third-order valence-corrected chi connectivity index (χ3v) is 3.12. The lowest BCUT2D eigenvalue weighted by atomic mass is 10.1. The molecule has 0 aliphatic rings. The van der Waals surface area contributed by atoms with Crippen LogP contribution in [0.2, 0.25) is 10.0 Å². The summed E-state index contributed by atoms with van der Waals surface area (Å²) >= 11 is 11.6. The Hall–Kier alpha value is -1.52. The maximum Gasteiger partial charge on any atom is 0.215 e. The topological polar surface area (TPSA) is 60.9 Å². The van der Waals surface area contributed by atoms with Gasteiger partial charge < -0.3 is 10.3 Å². The predicted molar refractivity (Wildman–Crippen MR) is 78.9 cm³/mol. The van der Waals surface area contributed by atoms with Gasteiger partial charge in [-0.05, 0) is 18.2 Å². The SMILES string of the molecule is CC.Cn1cnc(C(=O)c2ccc(Cl)c(Cl)c2)c1N. The number of halogens is 2. The van der Waals surface area contributed by atoms with Gasteiger partial charge in [-0.3, -0.25) is 4.79 Å². The van der Waals surface area contributed by atoms with E-state index in [1.807, 2.05) is 13.8 Å². The van der Waals surface area contributed by atoms with Crippen LogP contribution in [0.1, 0.15) is 29.9 Å². The second-order valence-corrected chi connectivity index (χ2v) is 4.36. The van der Waals surface area contributed by atoms with Crippen molar-refractivity contribution in [3.05, 3.63) is 45.8 Å². The number of nitrogens with zero attached hydrogens (tertiary/aromatic N) is 2. The molecule has 0 aliphatic heterocycles. The zero-order valence-electron chi connectivity index (χ0n) is 10.9. The van der Waals surface area contributed by atoms with E-state index < -0.39 is 0 Å². The molecule has 0 spiro atoms. The summed E-state index contributed by atoms with van der Waals surface area (Å²) < 4.78 is 1.57. The van der Waals surface area contributed by atoms with Crippen LogP contribution in [0.15, 0.2) is 24.5 Å². The molecule has 1 heterocycles. The Labute approximate surface area is 122 Å². The Bertz CT molecular complexity index is 594. The summed E-state index contributed by atoms with van der Waals surface area (Å²) in [6.07, 6.45) is 1.49. The molecule has 0 atom stereocenters. The normalized spacial score (nSPS) is 9.74. The molecule has 0 saturated carbocycles. The molecule has 0 radical (unpaired) electrons. The van der Waals surface area contributed by atoms with Gasteiger partial charge in [-0.1, -0.05) is 37.0 Å². The lowest BCUT2D eigenvalue weighted by Crippen LogP contribution is -2.06. The number of carbonyl (C=O) groups is 1. The molecule has 0 bridgehead atoms. The van der Waals surface area contributed by atoms with E-state index in [2.05, 4.69) is 4.98 Å². The third kappa shape index (κ3) is 3.28. The monoisotopic (exact) mass is 299 g/mol. The molecular formula is C13H15Cl2N3O. The molecule has 1 aromatic carbocycles. The van der Waals surface area contributed by atoms with Crippen LogP contribution in [0.3, 0.4) is 0 Å². The molecule has 0 amide bonds. The van der Waals surface area contributed by atoms with E-state index in [9.17, 15) is 4.79 Å². The number of imidazole rings is 1. The number of aromatic nitrogens is 2. The van der Waals surface area contributed by atoms with Crippen molar-refractivity contribution >= 4 is 34.8 Å². The molecule has 0 saturated heterocycles. The van der Waals surface area contributed by atoms with Crippen LogP contribution in [0.4, 0.5) is 5.82 Å². The van der Waals surface area contributed by atoms with Crippen LogP contribution >= 0.6 is 23.2 Å². The summed E-state index contributed by atoms with van der Waals surface area (Å²) in [5.41, 5.74) is 6.35. The van der Waals surface area contributed by atoms with Crippen molar-refractivity contribution in [3.63, 3.8) is 0 Å². The highest BCUT2D eigenvalue weighted by atomic mass is 35.5. The number of nitrogen functional groups attached to an aromatic ring is 1. The molecule has 2 aromatic rings. The smallest absolute Gasteiger partial charge is 0.215 e. The van der Waals surface area contributed by atoms with Crippen LogP contribution in [0.5, 0.6) is 0 Å². The Balaban J connectivity index is 0.000000861. The summed E-state index contributed by atoms with van der Waals surface area (Å²) in [5.74, 6) is 0.0442. The summed E-state index contributed by atoms with van der Waals surface area (Å²) in [5, 5.41) is 0.726. The Morgan fingerprint density at radius 3 is 2.37 bits per heavy atom. The van der Waals surface area contributed by atoms with Gasteiger partial charge >= 0.3 is 0 Å². The van der Waals surface area contributed by atoms with Crippen molar-refractivity contribution in [2.45, 2.75) is 13.8 Å². The molecular weight excluding hydrogens is 285 g/mol. The lowest BCUT2D eigenvalue weighted by molar-refractivity contribution is 0.103. The van der Waals surface area contributed by atoms with Crippen molar-refractivity contribution < 1.29 is 4.79 Å². The van der Waals surface area contributed by atoms with Crippen LogP contribution in [-0.2, 0) is 7.05 Å². The highest BCUT2D eigenvalue weighted by molar-refractivity contribution is 6.42. The van der Waals surface area contributed by atoms with E-state index in [0.29, 0.717) is 21.4 Å². The maximum absolute atomic E-state index is 12.1. The number of ketones is 1. The van der Waals surface area contributed by atoms with Crippen molar-refractivity contribution in [3.8, 4) is 0 Å². The van der Waals surface area contributed by atoms with E-state index in [-0.39, 0.29) is 11.5 Å². The quantitative estimate of drug-likeness (QED) is 0.862. The summed E-state index contributed by atoms with van der Waals surface area (Å²) in [7, 11) is 1.72. The van der Waals surface area contributed by atoms with Gasteiger partial charge in [0.15, 0.2) is 5.69 Å². The standard InChI is InChI=1S/C11H9Cl2N3O.C2H6/c1-16-5-15-9(11(16)14)10(17)6-2-3-7(12)8(13)4-6;1-2/h2-5H,14H2,1H3;1-2H3. The van der Waals surface area contributed by atoms with Gasteiger partial charge in [-0.15, -0.1) is 0 Å². The van der Waals surface area contributed by atoms with Gasteiger partial charge in [0.25, 0.3) is 0 Å². The van der Waals surface area contributed by atoms with Gasteiger partial charge in [-0.2, -0.15) is 0 Å². The number of hydrogen-bond donors (Lipinski definition) is 1. The first-order valence-electron chi connectivity index (χ1n) is 5.77. The number of aryl methyl sites for hydroxylation is 1. The third-order valence-electron chi connectivity index (χ3n) is 2.38. The number of carbonyl (C=O) groups excluding carboxylic acids is 1. The van der Waals surface area contributed by atoms with Crippen LogP contribution in [0.25, 0.3) is 0 Å². The molecule has 1 aromatic heterocycles. The fourth-order valence-corrected chi connectivity index (χ4v) is 1.69. The molecule has 19 heavy (non-hydrogen) atoms. The highest BCUT2D eigenvalue weighted by Gasteiger charge is 2.17. The number of benzene rings is 1. The minimum Gasteiger partial charge on any atom is -0.383 e.